The van der Waals surface area contributed by atoms with E-state index < -0.39 is 0 Å². The third kappa shape index (κ3) is 5.12. The summed E-state index contributed by atoms with van der Waals surface area (Å²) in [6, 6.07) is 22.6. The molecule has 0 fully saturated rings. The molecule has 234 valence electrons. The minimum Gasteiger partial charge on any atom is -0.518 e. The van der Waals surface area contributed by atoms with Crippen molar-refractivity contribution in [3.05, 3.63) is 94.2 Å². The monoisotopic (exact) mass is 778 g/mol. The van der Waals surface area contributed by atoms with Crippen molar-refractivity contribution >= 4 is 27.7 Å². The molecule has 3 aromatic carbocycles. The van der Waals surface area contributed by atoms with Gasteiger partial charge >= 0.3 is 21.1 Å². The predicted octanol–water partition coefficient (Wildman–Crippen LogP) is 9.49. The zero-order valence-electron chi connectivity index (χ0n) is 27.9. The van der Waals surface area contributed by atoms with Crippen LogP contribution in [0.1, 0.15) is 102 Å². The summed E-state index contributed by atoms with van der Waals surface area (Å²) < 4.78 is 14.9. The van der Waals surface area contributed by atoms with Crippen molar-refractivity contribution in [1.29, 1.82) is 0 Å². The molecule has 0 bridgehead atoms. The molecule has 0 saturated heterocycles. The van der Waals surface area contributed by atoms with E-state index in [0.717, 1.165) is 33.4 Å². The van der Waals surface area contributed by atoms with E-state index in [-0.39, 0.29) is 37.4 Å². The molecule has 7 rings (SSSR count). The van der Waals surface area contributed by atoms with Crippen LogP contribution in [0.15, 0.2) is 53.7 Å². The summed E-state index contributed by atoms with van der Waals surface area (Å²) in [5.74, 6) is 3.18. The summed E-state index contributed by atoms with van der Waals surface area (Å²) in [4.78, 5) is 9.74. The van der Waals surface area contributed by atoms with Crippen molar-refractivity contribution in [2.45, 2.75) is 91.5 Å². The van der Waals surface area contributed by atoms with Gasteiger partial charge in [0.05, 0.1) is 5.54 Å². The molecule has 5 nitrogen and oxygen atoms in total. The van der Waals surface area contributed by atoms with Crippen molar-refractivity contribution in [3.8, 4) is 17.3 Å². The van der Waals surface area contributed by atoms with E-state index in [0.29, 0.717) is 29.9 Å². The van der Waals surface area contributed by atoms with Crippen LogP contribution >= 0.6 is 0 Å². The van der Waals surface area contributed by atoms with Gasteiger partial charge in [0.15, 0.2) is 0 Å². The first-order chi connectivity index (χ1) is 20.6. The van der Waals surface area contributed by atoms with Crippen LogP contribution in [-0.2, 0) is 36.6 Å². The molecule has 0 saturated carbocycles. The molecule has 6 heteroatoms. The molecule has 45 heavy (non-hydrogen) atoms. The van der Waals surface area contributed by atoms with E-state index in [1.807, 2.05) is 12.3 Å². The van der Waals surface area contributed by atoms with Gasteiger partial charge in [-0.2, -0.15) is 6.07 Å². The van der Waals surface area contributed by atoms with Gasteiger partial charge in [-0.15, -0.1) is 28.6 Å². The second-order valence-electron chi connectivity index (χ2n) is 15.0. The third-order valence-electron chi connectivity index (χ3n) is 9.21. The molecule has 4 heterocycles. The molecule has 0 aliphatic carbocycles. The summed E-state index contributed by atoms with van der Waals surface area (Å²) in [7, 11) is 0. The maximum absolute atomic E-state index is 6.66. The Bertz CT molecular complexity index is 2020. The van der Waals surface area contributed by atoms with Crippen LogP contribution in [0.25, 0.3) is 27.6 Å². The fourth-order valence-corrected chi connectivity index (χ4v) is 6.53. The topological polar surface area (TPSA) is 48.6 Å². The van der Waals surface area contributed by atoms with Crippen molar-refractivity contribution < 1.29 is 30.5 Å². The minimum absolute atomic E-state index is 0. The second-order valence-corrected chi connectivity index (χ2v) is 15.0. The molecule has 0 amide bonds. The van der Waals surface area contributed by atoms with Crippen LogP contribution in [0.3, 0.4) is 0 Å². The number of ether oxygens (including phenoxy) is 2. The minimum atomic E-state index is -0.254. The number of aromatic nitrogens is 2. The number of hydrogen-bond donors (Lipinski definition) is 0. The number of nitrogens with zero attached hydrogens (tertiary/aromatic N) is 3. The van der Waals surface area contributed by atoms with Gasteiger partial charge in [0, 0.05) is 34.2 Å². The summed E-state index contributed by atoms with van der Waals surface area (Å²) >= 11 is 0. The van der Waals surface area contributed by atoms with Gasteiger partial charge in [-0.1, -0.05) is 96.8 Å². The van der Waals surface area contributed by atoms with Crippen molar-refractivity contribution in [1.82, 2.24) is 9.55 Å². The second kappa shape index (κ2) is 10.6. The Morgan fingerprint density at radius 2 is 1.73 bits per heavy atom. The Hall–Kier alpha value is -3.43. The van der Waals surface area contributed by atoms with Crippen LogP contribution in [0.4, 0.5) is 0 Å². The molecular formula is C39H41N3O2Pt. The quantitative estimate of drug-likeness (QED) is 0.171. The number of rotatable bonds is 4. The fourth-order valence-electron chi connectivity index (χ4n) is 6.53. The van der Waals surface area contributed by atoms with E-state index in [1.54, 1.807) is 0 Å². The van der Waals surface area contributed by atoms with E-state index in [2.05, 4.69) is 122 Å². The Labute approximate surface area is 281 Å². The standard InChI is InChI=1S/C39H41N3O2.Pt/c1-22(2)24-15-25(36-41-38(7,8)21-43-36)17-27(16-24)44-33-20-32-28(14-23(33)3)29-18-26(37(4,5)6)19-31-34(29)42(32)35-30(39(31,9)10)12-11-13-40-35;/h11-16,18-19,22H,21H2,1-10H3;/q-2;+2. The number of benzene rings is 3. The molecule has 2 aromatic heterocycles. The molecule has 0 unspecified atom stereocenters. The Morgan fingerprint density at radius 1 is 0.978 bits per heavy atom. The van der Waals surface area contributed by atoms with Crippen molar-refractivity contribution in [2.75, 3.05) is 6.61 Å². The summed E-state index contributed by atoms with van der Waals surface area (Å²) in [5.41, 5.74) is 8.53. The molecule has 0 atom stereocenters. The van der Waals surface area contributed by atoms with Gasteiger partial charge in [0.1, 0.15) is 18.3 Å². The molecule has 2 aliphatic rings. The van der Waals surface area contributed by atoms with Gasteiger partial charge in [0.2, 0.25) is 0 Å². The number of aliphatic imine (C=N–C) groups is 1. The van der Waals surface area contributed by atoms with Gasteiger partial charge < -0.3 is 14.0 Å². The first-order valence-electron chi connectivity index (χ1n) is 15.6. The molecule has 0 N–H and O–H groups in total. The van der Waals surface area contributed by atoms with Crippen LogP contribution < -0.4 is 4.74 Å². The van der Waals surface area contributed by atoms with Crippen molar-refractivity contribution in [3.63, 3.8) is 0 Å². The average Bonchev–Trinajstić information content (AvgIpc) is 3.48. The predicted molar refractivity (Wildman–Crippen MR) is 179 cm³/mol. The third-order valence-corrected chi connectivity index (χ3v) is 9.21. The summed E-state index contributed by atoms with van der Waals surface area (Å²) in [5, 5.41) is 2.38. The number of pyridine rings is 1. The first kappa shape index (κ1) is 31.5. The molecular weight excluding hydrogens is 738 g/mol. The van der Waals surface area contributed by atoms with E-state index in [9.17, 15) is 0 Å². The molecule has 0 spiro atoms. The summed E-state index contributed by atoms with van der Waals surface area (Å²) in [6.45, 7) is 22.7. The Balaban J connectivity index is 0.00000357. The van der Waals surface area contributed by atoms with E-state index in [4.69, 9.17) is 19.5 Å². The van der Waals surface area contributed by atoms with E-state index >= 15 is 0 Å². The van der Waals surface area contributed by atoms with Crippen LogP contribution in [0.2, 0.25) is 0 Å². The number of hydrogen-bond acceptors (Lipinski definition) is 4. The van der Waals surface area contributed by atoms with Crippen LogP contribution in [0, 0.1) is 19.1 Å². The van der Waals surface area contributed by atoms with Crippen LogP contribution in [-0.4, -0.2) is 27.6 Å². The zero-order valence-corrected chi connectivity index (χ0v) is 30.1. The van der Waals surface area contributed by atoms with Crippen LogP contribution in [0.5, 0.6) is 11.5 Å². The Kier molecular flexibility index (Phi) is 7.40. The Morgan fingerprint density at radius 3 is 2.40 bits per heavy atom. The van der Waals surface area contributed by atoms with Crippen molar-refractivity contribution in [2.24, 2.45) is 4.99 Å². The zero-order chi connectivity index (χ0) is 31.3. The molecule has 2 aliphatic heterocycles. The van der Waals surface area contributed by atoms with Gasteiger partial charge in [-0.25, -0.2) is 4.98 Å². The average molecular weight is 779 g/mol. The van der Waals surface area contributed by atoms with E-state index in [1.165, 1.54) is 27.6 Å². The van der Waals surface area contributed by atoms with Gasteiger partial charge in [-0.05, 0) is 47.8 Å². The number of aryl methyl sites for hydroxylation is 1. The number of fused-ring (bicyclic) bond motifs is 5. The normalized spacial score (nSPS) is 16.4. The molecule has 5 aromatic rings. The summed E-state index contributed by atoms with van der Waals surface area (Å²) in [6.07, 6.45) is 1.88. The van der Waals surface area contributed by atoms with Gasteiger partial charge in [-0.3, -0.25) is 4.99 Å². The largest absolute Gasteiger partial charge is 2.00 e. The van der Waals surface area contributed by atoms with Gasteiger partial charge in [0.25, 0.3) is 0 Å². The first-order valence-corrected chi connectivity index (χ1v) is 15.6. The molecule has 0 radical (unpaired) electrons. The maximum atomic E-state index is 6.66. The fraction of sp³-hybridized carbons (Fsp3) is 0.385. The maximum Gasteiger partial charge on any atom is 2.00 e. The smallest absolute Gasteiger partial charge is 0.518 e. The SMILES string of the molecule is Cc1cc2c3cc(C(C)(C)C)cc4c3n(c2[c-]c1Oc1[c-]c(C2=NC(C)(C)CO2)cc(C(C)C)c1)-c1ncccc1C4(C)C.[Pt+2].